The summed E-state index contributed by atoms with van der Waals surface area (Å²) >= 11 is 0. The number of Topliss-reactive ketones (excluding diaryl/α,β-unsaturated/α-hetero) is 1. The number of rotatable bonds is 1. The van der Waals surface area contributed by atoms with E-state index in [1.54, 1.807) is 6.92 Å². The second-order valence-electron chi connectivity index (χ2n) is 2.92. The SMILES string of the molecule is CC(=O)C1[C@H]2CCO[C@@H]12. The highest BCUT2D eigenvalue weighted by molar-refractivity contribution is 5.82. The summed E-state index contributed by atoms with van der Waals surface area (Å²) in [5.74, 6) is 1.19. The first kappa shape index (κ1) is 5.42. The highest BCUT2D eigenvalue weighted by Gasteiger charge is 2.56. The van der Waals surface area contributed by atoms with E-state index in [4.69, 9.17) is 4.74 Å². The summed E-state index contributed by atoms with van der Waals surface area (Å²) in [7, 11) is 0. The van der Waals surface area contributed by atoms with Gasteiger partial charge >= 0.3 is 0 Å². The van der Waals surface area contributed by atoms with Gasteiger partial charge in [-0.25, -0.2) is 0 Å². The van der Waals surface area contributed by atoms with Crippen molar-refractivity contribution in [1.29, 1.82) is 0 Å². The van der Waals surface area contributed by atoms with Gasteiger partial charge in [0.05, 0.1) is 6.10 Å². The summed E-state index contributed by atoms with van der Waals surface area (Å²) in [4.78, 5) is 10.7. The number of ketones is 1. The molecule has 2 nitrogen and oxygen atoms in total. The minimum Gasteiger partial charge on any atom is -0.377 e. The summed E-state index contributed by atoms with van der Waals surface area (Å²) in [6.45, 7) is 2.53. The second-order valence-corrected chi connectivity index (χ2v) is 2.92. The molecule has 1 unspecified atom stereocenters. The van der Waals surface area contributed by atoms with Crippen LogP contribution in [-0.2, 0) is 9.53 Å². The summed E-state index contributed by atoms with van der Waals surface area (Å²) in [6, 6.07) is 0. The van der Waals surface area contributed by atoms with Gasteiger partial charge in [0.25, 0.3) is 0 Å². The van der Waals surface area contributed by atoms with Crippen LogP contribution in [0.5, 0.6) is 0 Å². The van der Waals surface area contributed by atoms with E-state index < -0.39 is 0 Å². The molecular weight excluding hydrogens is 116 g/mol. The lowest BCUT2D eigenvalue weighted by Crippen LogP contribution is -2.04. The molecule has 0 radical (unpaired) electrons. The van der Waals surface area contributed by atoms with Crippen molar-refractivity contribution in [2.75, 3.05) is 6.61 Å². The molecule has 0 spiro atoms. The second kappa shape index (κ2) is 1.57. The summed E-state index contributed by atoms with van der Waals surface area (Å²) < 4.78 is 5.28. The zero-order valence-electron chi connectivity index (χ0n) is 5.46. The summed E-state index contributed by atoms with van der Waals surface area (Å²) in [6.07, 6.45) is 1.43. The van der Waals surface area contributed by atoms with Crippen LogP contribution in [0.15, 0.2) is 0 Å². The molecule has 0 aromatic heterocycles. The highest BCUT2D eigenvalue weighted by atomic mass is 16.5. The predicted octanol–water partition coefficient (Wildman–Crippen LogP) is 0.610. The van der Waals surface area contributed by atoms with Gasteiger partial charge in [0.15, 0.2) is 0 Å². The van der Waals surface area contributed by atoms with Gasteiger partial charge in [0.2, 0.25) is 0 Å². The third-order valence-electron chi connectivity index (χ3n) is 2.33. The molecular formula is C7H10O2. The average molecular weight is 126 g/mol. The number of hydrogen-bond acceptors (Lipinski definition) is 2. The first-order valence-electron chi connectivity index (χ1n) is 3.43. The van der Waals surface area contributed by atoms with Crippen molar-refractivity contribution in [2.45, 2.75) is 19.4 Å². The van der Waals surface area contributed by atoms with Gasteiger partial charge in [-0.1, -0.05) is 0 Å². The van der Waals surface area contributed by atoms with E-state index in [9.17, 15) is 4.79 Å². The minimum atomic E-state index is 0.277. The van der Waals surface area contributed by atoms with Crippen molar-refractivity contribution in [1.82, 2.24) is 0 Å². The molecule has 3 atom stereocenters. The zero-order valence-corrected chi connectivity index (χ0v) is 5.46. The molecule has 1 heterocycles. The Morgan fingerprint density at radius 1 is 1.67 bits per heavy atom. The third-order valence-corrected chi connectivity index (χ3v) is 2.33. The lowest BCUT2D eigenvalue weighted by molar-refractivity contribution is -0.119. The van der Waals surface area contributed by atoms with E-state index in [1.165, 1.54) is 0 Å². The topological polar surface area (TPSA) is 26.3 Å². The van der Waals surface area contributed by atoms with E-state index in [1.807, 2.05) is 0 Å². The number of fused-ring (bicyclic) bond motifs is 1. The maximum absolute atomic E-state index is 10.7. The quantitative estimate of drug-likeness (QED) is 0.514. The molecule has 0 bridgehead atoms. The lowest BCUT2D eigenvalue weighted by atomic mass is 10.2. The van der Waals surface area contributed by atoms with Crippen LogP contribution in [0.25, 0.3) is 0 Å². The van der Waals surface area contributed by atoms with E-state index in [0.717, 1.165) is 13.0 Å². The fraction of sp³-hybridized carbons (Fsp3) is 0.857. The Labute approximate surface area is 54.2 Å². The van der Waals surface area contributed by atoms with Crippen LogP contribution >= 0.6 is 0 Å². The smallest absolute Gasteiger partial charge is 0.135 e. The Morgan fingerprint density at radius 3 is 2.78 bits per heavy atom. The number of carbonyl (C=O) groups excluding carboxylic acids is 1. The fourth-order valence-corrected chi connectivity index (χ4v) is 1.79. The number of ether oxygens (including phenoxy) is 1. The molecule has 50 valence electrons. The lowest BCUT2D eigenvalue weighted by Gasteiger charge is -1.96. The van der Waals surface area contributed by atoms with Crippen molar-refractivity contribution >= 4 is 5.78 Å². The Morgan fingerprint density at radius 2 is 2.44 bits per heavy atom. The van der Waals surface area contributed by atoms with E-state index in [-0.39, 0.29) is 5.92 Å². The Hall–Kier alpha value is -0.370. The molecule has 0 aromatic rings. The predicted molar refractivity (Wildman–Crippen MR) is 32.0 cm³/mol. The Bertz CT molecular complexity index is 143. The number of hydrogen-bond donors (Lipinski definition) is 0. The molecule has 2 fully saturated rings. The molecule has 9 heavy (non-hydrogen) atoms. The van der Waals surface area contributed by atoms with Gasteiger partial charge in [-0.15, -0.1) is 0 Å². The van der Waals surface area contributed by atoms with Crippen LogP contribution in [0, 0.1) is 11.8 Å². The van der Waals surface area contributed by atoms with Crippen LogP contribution < -0.4 is 0 Å². The first-order chi connectivity index (χ1) is 4.30. The molecule has 0 amide bonds. The van der Waals surface area contributed by atoms with Crippen molar-refractivity contribution in [2.24, 2.45) is 11.8 Å². The van der Waals surface area contributed by atoms with Crippen LogP contribution in [0.3, 0.4) is 0 Å². The average Bonchev–Trinajstić information content (AvgIpc) is 2.30. The van der Waals surface area contributed by atoms with Gasteiger partial charge in [0.1, 0.15) is 5.78 Å². The molecule has 0 aromatic carbocycles. The van der Waals surface area contributed by atoms with Crippen LogP contribution in [0.1, 0.15) is 13.3 Å². The van der Waals surface area contributed by atoms with Gasteiger partial charge in [-0.2, -0.15) is 0 Å². The van der Waals surface area contributed by atoms with Crippen molar-refractivity contribution in [3.63, 3.8) is 0 Å². The summed E-state index contributed by atoms with van der Waals surface area (Å²) in [5, 5.41) is 0. The number of carbonyl (C=O) groups is 1. The van der Waals surface area contributed by atoms with Gasteiger partial charge in [0, 0.05) is 18.4 Å². The maximum atomic E-state index is 10.7. The standard InChI is InChI=1S/C7H10O2/c1-4(8)6-5-2-3-9-7(5)6/h5-7H,2-3H2,1H3/t5-,6?,7-/m1/s1. The third kappa shape index (κ3) is 0.628. The van der Waals surface area contributed by atoms with Crippen molar-refractivity contribution in [3.8, 4) is 0 Å². The molecule has 1 saturated carbocycles. The monoisotopic (exact) mass is 126 g/mol. The van der Waals surface area contributed by atoms with E-state index in [2.05, 4.69) is 0 Å². The molecule has 0 N–H and O–H groups in total. The zero-order chi connectivity index (χ0) is 6.43. The van der Waals surface area contributed by atoms with Gasteiger partial charge in [-0.3, -0.25) is 4.79 Å². The van der Waals surface area contributed by atoms with Gasteiger partial charge < -0.3 is 4.74 Å². The van der Waals surface area contributed by atoms with Crippen LogP contribution in [-0.4, -0.2) is 18.5 Å². The molecule has 2 heteroatoms. The Kier molecular flexibility index (Phi) is 0.943. The summed E-state index contributed by atoms with van der Waals surface area (Å²) in [5.41, 5.74) is 0. The first-order valence-corrected chi connectivity index (χ1v) is 3.43. The highest BCUT2D eigenvalue weighted by Crippen LogP contribution is 2.49. The normalized spacial score (nSPS) is 46.6. The minimum absolute atomic E-state index is 0.277. The van der Waals surface area contributed by atoms with Crippen molar-refractivity contribution < 1.29 is 9.53 Å². The molecule has 2 aliphatic rings. The molecule has 1 aliphatic heterocycles. The van der Waals surface area contributed by atoms with Crippen molar-refractivity contribution in [3.05, 3.63) is 0 Å². The van der Waals surface area contributed by atoms with E-state index in [0.29, 0.717) is 17.8 Å². The molecule has 1 saturated heterocycles. The molecule has 1 aliphatic carbocycles. The maximum Gasteiger partial charge on any atom is 0.135 e. The van der Waals surface area contributed by atoms with E-state index >= 15 is 0 Å². The van der Waals surface area contributed by atoms with Crippen LogP contribution in [0.2, 0.25) is 0 Å². The van der Waals surface area contributed by atoms with Gasteiger partial charge in [-0.05, 0) is 13.3 Å². The Balaban J connectivity index is 2.02. The van der Waals surface area contributed by atoms with Crippen LogP contribution in [0.4, 0.5) is 0 Å². The largest absolute Gasteiger partial charge is 0.377 e. The fourth-order valence-electron chi connectivity index (χ4n) is 1.79. The molecule has 2 rings (SSSR count).